The predicted molar refractivity (Wildman–Crippen MR) is 67.8 cm³/mol. The molecule has 2 unspecified atom stereocenters. The molecule has 84 valence electrons. The number of rotatable bonds is 4. The highest BCUT2D eigenvalue weighted by molar-refractivity contribution is 9.10. The molecule has 0 aliphatic rings. The van der Waals surface area contributed by atoms with Crippen molar-refractivity contribution in [3.63, 3.8) is 0 Å². The molecule has 0 aliphatic heterocycles. The van der Waals surface area contributed by atoms with Crippen LogP contribution in [0.3, 0.4) is 0 Å². The van der Waals surface area contributed by atoms with E-state index in [-0.39, 0.29) is 5.92 Å². The molecular formula is C13H19BrO. The molecule has 1 nitrogen and oxygen atoms in total. The van der Waals surface area contributed by atoms with Gasteiger partial charge in [0.05, 0.1) is 5.60 Å². The molecule has 15 heavy (non-hydrogen) atoms. The van der Waals surface area contributed by atoms with Crippen molar-refractivity contribution in [1.29, 1.82) is 0 Å². The summed E-state index contributed by atoms with van der Waals surface area (Å²) < 4.78 is 1.02. The largest absolute Gasteiger partial charge is 0.385 e. The van der Waals surface area contributed by atoms with Crippen LogP contribution in [0.4, 0.5) is 0 Å². The van der Waals surface area contributed by atoms with Crippen molar-refractivity contribution < 1.29 is 5.11 Å². The molecule has 1 N–H and O–H groups in total. The number of benzene rings is 1. The molecule has 0 radical (unpaired) electrons. The maximum Gasteiger partial charge on any atom is 0.0919 e. The van der Waals surface area contributed by atoms with Crippen LogP contribution in [0.5, 0.6) is 0 Å². The highest BCUT2D eigenvalue weighted by atomic mass is 79.9. The van der Waals surface area contributed by atoms with Gasteiger partial charge in [-0.1, -0.05) is 55.3 Å². The van der Waals surface area contributed by atoms with Crippen molar-refractivity contribution in [1.82, 2.24) is 0 Å². The van der Waals surface area contributed by atoms with Crippen molar-refractivity contribution in [2.45, 2.75) is 39.2 Å². The molecule has 0 aliphatic carbocycles. The van der Waals surface area contributed by atoms with Gasteiger partial charge in [-0.15, -0.1) is 0 Å². The summed E-state index contributed by atoms with van der Waals surface area (Å²) in [6.07, 6.45) is 1.73. The summed E-state index contributed by atoms with van der Waals surface area (Å²) in [6, 6.07) is 7.97. The molecular weight excluding hydrogens is 252 g/mol. The molecule has 1 rings (SSSR count). The van der Waals surface area contributed by atoms with Crippen LogP contribution >= 0.6 is 15.9 Å². The van der Waals surface area contributed by atoms with Crippen LogP contribution in [-0.4, -0.2) is 5.11 Å². The minimum atomic E-state index is -0.696. The molecule has 0 saturated carbocycles. The van der Waals surface area contributed by atoms with Gasteiger partial charge in [0.25, 0.3) is 0 Å². The maximum atomic E-state index is 10.7. The van der Waals surface area contributed by atoms with Gasteiger partial charge >= 0.3 is 0 Å². The molecule has 2 atom stereocenters. The van der Waals surface area contributed by atoms with Crippen molar-refractivity contribution in [2.75, 3.05) is 0 Å². The molecule has 0 fully saturated rings. The van der Waals surface area contributed by atoms with Crippen LogP contribution in [0.1, 0.15) is 39.2 Å². The van der Waals surface area contributed by atoms with Gasteiger partial charge in [-0.05, 0) is 30.0 Å². The lowest BCUT2D eigenvalue weighted by molar-refractivity contribution is -0.0225. The quantitative estimate of drug-likeness (QED) is 0.874. The van der Waals surface area contributed by atoms with E-state index >= 15 is 0 Å². The van der Waals surface area contributed by atoms with Gasteiger partial charge in [0.15, 0.2) is 0 Å². The fourth-order valence-corrected chi connectivity index (χ4v) is 2.33. The van der Waals surface area contributed by atoms with Gasteiger partial charge in [-0.3, -0.25) is 0 Å². The molecule has 0 spiro atoms. The van der Waals surface area contributed by atoms with E-state index < -0.39 is 5.60 Å². The summed E-state index contributed by atoms with van der Waals surface area (Å²) in [6.45, 7) is 6.25. The molecule has 0 bridgehead atoms. The zero-order valence-electron chi connectivity index (χ0n) is 9.63. The maximum absolute atomic E-state index is 10.7. The van der Waals surface area contributed by atoms with Crippen LogP contribution in [0.15, 0.2) is 28.7 Å². The minimum Gasteiger partial charge on any atom is -0.385 e. The molecule has 1 aromatic rings. The number of halogens is 1. The lowest BCUT2D eigenvalue weighted by Gasteiger charge is -2.33. The van der Waals surface area contributed by atoms with E-state index in [1.165, 1.54) is 0 Å². The van der Waals surface area contributed by atoms with E-state index in [0.29, 0.717) is 0 Å². The second kappa shape index (κ2) is 5.13. The molecule has 2 heteroatoms. The zero-order valence-corrected chi connectivity index (χ0v) is 11.2. The normalized spacial score (nSPS) is 17.1. The van der Waals surface area contributed by atoms with Gasteiger partial charge in [0.1, 0.15) is 0 Å². The van der Waals surface area contributed by atoms with Crippen LogP contribution in [0.2, 0.25) is 0 Å². The van der Waals surface area contributed by atoms with Gasteiger partial charge in [0, 0.05) is 4.47 Å². The van der Waals surface area contributed by atoms with E-state index in [1.54, 1.807) is 0 Å². The van der Waals surface area contributed by atoms with E-state index in [9.17, 15) is 5.11 Å². The molecule has 0 heterocycles. The van der Waals surface area contributed by atoms with Crippen LogP contribution in [0, 0.1) is 5.92 Å². The Balaban J connectivity index is 3.10. The summed E-state index contributed by atoms with van der Waals surface area (Å²) in [5.41, 5.74) is 0.312. The van der Waals surface area contributed by atoms with Crippen molar-refractivity contribution in [3.8, 4) is 0 Å². The van der Waals surface area contributed by atoms with Gasteiger partial charge < -0.3 is 5.11 Å². The standard InChI is InChI=1S/C13H19BrO/c1-4-10(3)13(15,5-2)11-7-6-8-12(14)9-11/h6-10,15H,4-5H2,1-3H3. The van der Waals surface area contributed by atoms with Crippen LogP contribution in [0.25, 0.3) is 0 Å². The Morgan fingerprint density at radius 3 is 2.53 bits per heavy atom. The van der Waals surface area contributed by atoms with Gasteiger partial charge in [0.2, 0.25) is 0 Å². The van der Waals surface area contributed by atoms with Crippen molar-refractivity contribution in [2.24, 2.45) is 5.92 Å². The smallest absolute Gasteiger partial charge is 0.0919 e. The number of hydrogen-bond donors (Lipinski definition) is 1. The Kier molecular flexibility index (Phi) is 4.35. The third-order valence-corrected chi connectivity index (χ3v) is 3.78. The topological polar surface area (TPSA) is 20.2 Å². The van der Waals surface area contributed by atoms with Crippen molar-refractivity contribution in [3.05, 3.63) is 34.3 Å². The first kappa shape index (κ1) is 12.7. The second-order valence-electron chi connectivity index (χ2n) is 4.10. The highest BCUT2D eigenvalue weighted by Crippen LogP contribution is 2.35. The molecule has 0 saturated heterocycles. The van der Waals surface area contributed by atoms with E-state index in [4.69, 9.17) is 0 Å². The predicted octanol–water partition coefficient (Wildman–Crippen LogP) is 4.09. The zero-order chi connectivity index (χ0) is 11.5. The first-order valence-electron chi connectivity index (χ1n) is 5.53. The summed E-state index contributed by atoms with van der Waals surface area (Å²) in [4.78, 5) is 0. The monoisotopic (exact) mass is 270 g/mol. The third kappa shape index (κ3) is 2.61. The summed E-state index contributed by atoms with van der Waals surface area (Å²) in [5.74, 6) is 0.275. The Bertz CT molecular complexity index is 324. The molecule has 1 aromatic carbocycles. The minimum absolute atomic E-state index is 0.275. The lowest BCUT2D eigenvalue weighted by Crippen LogP contribution is -2.32. The van der Waals surface area contributed by atoms with Gasteiger partial charge in [-0.25, -0.2) is 0 Å². The summed E-state index contributed by atoms with van der Waals surface area (Å²) >= 11 is 3.44. The third-order valence-electron chi connectivity index (χ3n) is 3.29. The first-order valence-corrected chi connectivity index (χ1v) is 6.32. The van der Waals surface area contributed by atoms with Crippen LogP contribution in [-0.2, 0) is 5.60 Å². The van der Waals surface area contributed by atoms with Gasteiger partial charge in [-0.2, -0.15) is 0 Å². The van der Waals surface area contributed by atoms with E-state index in [1.807, 2.05) is 31.2 Å². The van der Waals surface area contributed by atoms with E-state index in [2.05, 4.69) is 29.8 Å². The average Bonchev–Trinajstić information content (AvgIpc) is 2.26. The van der Waals surface area contributed by atoms with E-state index in [0.717, 1.165) is 22.9 Å². The average molecular weight is 271 g/mol. The lowest BCUT2D eigenvalue weighted by atomic mass is 9.79. The first-order chi connectivity index (χ1) is 7.04. The fourth-order valence-electron chi connectivity index (χ4n) is 1.93. The molecule has 0 amide bonds. The SMILES string of the molecule is CCC(C)C(O)(CC)c1cccc(Br)c1. The number of hydrogen-bond acceptors (Lipinski definition) is 1. The molecule has 0 aromatic heterocycles. The Hall–Kier alpha value is -0.340. The van der Waals surface area contributed by atoms with Crippen molar-refractivity contribution >= 4 is 15.9 Å². The fraction of sp³-hybridized carbons (Fsp3) is 0.538. The summed E-state index contributed by atoms with van der Waals surface area (Å²) in [5, 5.41) is 10.7. The van der Waals surface area contributed by atoms with Crippen LogP contribution < -0.4 is 0 Å². The highest BCUT2D eigenvalue weighted by Gasteiger charge is 2.32. The second-order valence-corrected chi connectivity index (χ2v) is 5.01. The summed E-state index contributed by atoms with van der Waals surface area (Å²) in [7, 11) is 0. The Morgan fingerprint density at radius 2 is 2.07 bits per heavy atom. The number of aliphatic hydroxyl groups is 1. The Labute approximate surface area is 101 Å². The Morgan fingerprint density at radius 1 is 1.40 bits per heavy atom.